The molecule has 2 atom stereocenters. The van der Waals surface area contributed by atoms with Crippen LogP contribution in [0.3, 0.4) is 0 Å². The average molecular weight is 300 g/mol. The van der Waals surface area contributed by atoms with Gasteiger partial charge in [0.1, 0.15) is 5.75 Å². The molecule has 2 nitrogen and oxygen atoms in total. The minimum Gasteiger partial charge on any atom is -0.497 e. The quantitative estimate of drug-likeness (QED) is 0.777. The van der Waals surface area contributed by atoms with Gasteiger partial charge in [-0.25, -0.2) is 0 Å². The van der Waals surface area contributed by atoms with E-state index in [4.69, 9.17) is 4.74 Å². The number of ether oxygens (including phenoxy) is 1. The maximum absolute atomic E-state index is 10.2. The van der Waals surface area contributed by atoms with Crippen molar-refractivity contribution in [3.05, 3.63) is 40.5 Å². The summed E-state index contributed by atoms with van der Waals surface area (Å²) in [5, 5.41) is 10.2. The summed E-state index contributed by atoms with van der Waals surface area (Å²) < 4.78 is 5.39. The average Bonchev–Trinajstić information content (AvgIpc) is 2.80. The largest absolute Gasteiger partial charge is 0.497 e. The van der Waals surface area contributed by atoms with Crippen molar-refractivity contribution in [1.29, 1.82) is 0 Å². The second kappa shape index (κ2) is 6.08. The number of fused-ring (bicyclic) bond motifs is 2. The Bertz CT molecular complexity index is 587. The lowest BCUT2D eigenvalue weighted by Gasteiger charge is -2.29. The van der Waals surface area contributed by atoms with E-state index in [9.17, 15) is 5.11 Å². The minimum atomic E-state index is -0.141. The number of methoxy groups -OCH3 is 1. The van der Waals surface area contributed by atoms with Crippen molar-refractivity contribution in [2.45, 2.75) is 64.9 Å². The van der Waals surface area contributed by atoms with Crippen LogP contribution in [0.25, 0.3) is 0 Å². The van der Waals surface area contributed by atoms with E-state index in [0.717, 1.165) is 37.9 Å². The molecule has 3 rings (SSSR count). The molecule has 0 heterocycles. The predicted octanol–water partition coefficient (Wildman–Crippen LogP) is 4.44. The van der Waals surface area contributed by atoms with Gasteiger partial charge in [0.15, 0.2) is 0 Å². The van der Waals surface area contributed by atoms with E-state index in [2.05, 4.69) is 32.0 Å². The molecular formula is C20H28O2. The van der Waals surface area contributed by atoms with Gasteiger partial charge in [0, 0.05) is 0 Å². The summed E-state index contributed by atoms with van der Waals surface area (Å²) in [6, 6.07) is 6.53. The Hall–Kier alpha value is -1.28. The molecule has 120 valence electrons. The molecule has 2 aliphatic rings. The van der Waals surface area contributed by atoms with Crippen LogP contribution in [0, 0.1) is 5.41 Å². The third-order valence-electron chi connectivity index (χ3n) is 5.73. The number of hydrogen-bond donors (Lipinski definition) is 1. The fourth-order valence-electron chi connectivity index (χ4n) is 4.49. The van der Waals surface area contributed by atoms with E-state index < -0.39 is 0 Å². The third kappa shape index (κ3) is 2.94. The molecule has 0 bridgehead atoms. The molecule has 1 saturated carbocycles. The van der Waals surface area contributed by atoms with Crippen LogP contribution >= 0.6 is 0 Å². The van der Waals surface area contributed by atoms with Crippen LogP contribution in [0.5, 0.6) is 5.75 Å². The molecule has 1 fully saturated rings. The first-order valence-corrected chi connectivity index (χ1v) is 8.55. The van der Waals surface area contributed by atoms with E-state index >= 15 is 0 Å². The Balaban J connectivity index is 1.92. The summed E-state index contributed by atoms with van der Waals surface area (Å²) in [5.41, 5.74) is 6.15. The van der Waals surface area contributed by atoms with E-state index in [1.807, 2.05) is 0 Å². The number of rotatable bonds is 1. The van der Waals surface area contributed by atoms with Gasteiger partial charge in [-0.1, -0.05) is 24.1 Å². The SMILES string of the molecule is COc1ccc2c(c1)CC/C(C)=C1\CC(O)C[C@]1(C)CCC2. The fraction of sp³-hybridized carbons (Fsp3) is 0.600. The number of benzene rings is 1. The number of aliphatic hydroxyl groups is 1. The summed E-state index contributed by atoms with van der Waals surface area (Å²) in [5.74, 6) is 0.960. The van der Waals surface area contributed by atoms with Gasteiger partial charge in [0.25, 0.3) is 0 Å². The topological polar surface area (TPSA) is 29.5 Å². The second-order valence-electron chi connectivity index (χ2n) is 7.37. The van der Waals surface area contributed by atoms with Gasteiger partial charge in [-0.3, -0.25) is 0 Å². The summed E-state index contributed by atoms with van der Waals surface area (Å²) in [4.78, 5) is 0. The van der Waals surface area contributed by atoms with Gasteiger partial charge < -0.3 is 9.84 Å². The summed E-state index contributed by atoms with van der Waals surface area (Å²) in [7, 11) is 1.74. The monoisotopic (exact) mass is 300 g/mol. The molecule has 1 aromatic rings. The summed E-state index contributed by atoms with van der Waals surface area (Å²) >= 11 is 0. The lowest BCUT2D eigenvalue weighted by atomic mass is 9.76. The highest BCUT2D eigenvalue weighted by atomic mass is 16.5. The molecular weight excluding hydrogens is 272 g/mol. The lowest BCUT2D eigenvalue weighted by molar-refractivity contribution is 0.160. The van der Waals surface area contributed by atoms with Crippen LogP contribution in [-0.4, -0.2) is 18.3 Å². The van der Waals surface area contributed by atoms with Crippen LogP contribution < -0.4 is 4.74 Å². The zero-order chi connectivity index (χ0) is 15.7. The van der Waals surface area contributed by atoms with Crippen LogP contribution in [0.4, 0.5) is 0 Å². The van der Waals surface area contributed by atoms with E-state index in [-0.39, 0.29) is 11.5 Å². The smallest absolute Gasteiger partial charge is 0.119 e. The first-order chi connectivity index (χ1) is 10.5. The van der Waals surface area contributed by atoms with Crippen molar-refractivity contribution in [2.24, 2.45) is 5.41 Å². The van der Waals surface area contributed by atoms with Gasteiger partial charge in [0.05, 0.1) is 13.2 Å². The molecule has 2 aliphatic carbocycles. The van der Waals surface area contributed by atoms with Gasteiger partial charge in [-0.05, 0) is 80.5 Å². The Morgan fingerprint density at radius 2 is 2.00 bits per heavy atom. The molecule has 0 spiro atoms. The Morgan fingerprint density at radius 3 is 2.77 bits per heavy atom. The maximum atomic E-state index is 10.2. The minimum absolute atomic E-state index is 0.141. The lowest BCUT2D eigenvalue weighted by Crippen LogP contribution is -2.17. The summed E-state index contributed by atoms with van der Waals surface area (Å²) in [6.07, 6.45) is 7.37. The first-order valence-electron chi connectivity index (χ1n) is 8.55. The van der Waals surface area contributed by atoms with Gasteiger partial charge in [-0.15, -0.1) is 0 Å². The van der Waals surface area contributed by atoms with E-state index in [1.54, 1.807) is 7.11 Å². The summed E-state index contributed by atoms with van der Waals surface area (Å²) in [6.45, 7) is 4.63. The Morgan fingerprint density at radius 1 is 1.18 bits per heavy atom. The molecule has 0 aromatic heterocycles. The molecule has 0 aliphatic heterocycles. The van der Waals surface area contributed by atoms with Crippen LogP contribution in [0.2, 0.25) is 0 Å². The number of aliphatic hydroxyl groups excluding tert-OH is 1. The number of aryl methyl sites for hydroxylation is 2. The fourth-order valence-corrected chi connectivity index (χ4v) is 4.49. The zero-order valence-electron chi connectivity index (χ0n) is 14.1. The zero-order valence-corrected chi connectivity index (χ0v) is 14.1. The van der Waals surface area contributed by atoms with Crippen molar-refractivity contribution < 1.29 is 9.84 Å². The van der Waals surface area contributed by atoms with Gasteiger partial charge in [-0.2, -0.15) is 0 Å². The van der Waals surface area contributed by atoms with Crippen molar-refractivity contribution in [3.63, 3.8) is 0 Å². The molecule has 1 unspecified atom stereocenters. The molecule has 2 heteroatoms. The van der Waals surface area contributed by atoms with Crippen molar-refractivity contribution in [2.75, 3.05) is 7.11 Å². The highest BCUT2D eigenvalue weighted by Gasteiger charge is 2.39. The molecule has 22 heavy (non-hydrogen) atoms. The Labute approximate surface area is 134 Å². The third-order valence-corrected chi connectivity index (χ3v) is 5.73. The molecule has 1 aromatic carbocycles. The van der Waals surface area contributed by atoms with Gasteiger partial charge >= 0.3 is 0 Å². The first kappa shape index (κ1) is 15.6. The molecule has 0 radical (unpaired) electrons. The van der Waals surface area contributed by atoms with Crippen LogP contribution in [-0.2, 0) is 12.8 Å². The van der Waals surface area contributed by atoms with E-state index in [1.165, 1.54) is 35.1 Å². The van der Waals surface area contributed by atoms with Crippen molar-refractivity contribution >= 4 is 0 Å². The maximum Gasteiger partial charge on any atom is 0.119 e. The molecule has 0 amide bonds. The Kier molecular flexibility index (Phi) is 4.31. The standard InChI is InChI=1S/C20H28O2/c1-14-6-7-16-11-18(22-3)9-8-15(16)5-4-10-20(2)13-17(21)12-19(14)20/h8-9,11,17,21H,4-7,10,12-13H2,1-3H3/b19-14+/t17?,20-/m0/s1. The van der Waals surface area contributed by atoms with Gasteiger partial charge in [0.2, 0.25) is 0 Å². The van der Waals surface area contributed by atoms with Crippen LogP contribution in [0.1, 0.15) is 57.1 Å². The highest BCUT2D eigenvalue weighted by molar-refractivity contribution is 5.37. The van der Waals surface area contributed by atoms with Crippen molar-refractivity contribution in [3.8, 4) is 5.75 Å². The molecule has 0 saturated heterocycles. The molecule has 1 N–H and O–H groups in total. The van der Waals surface area contributed by atoms with Crippen LogP contribution in [0.15, 0.2) is 29.3 Å². The predicted molar refractivity (Wildman–Crippen MR) is 90.3 cm³/mol. The van der Waals surface area contributed by atoms with Crippen molar-refractivity contribution in [1.82, 2.24) is 0 Å². The normalized spacial score (nSPS) is 32.3. The second-order valence-corrected chi connectivity index (χ2v) is 7.37. The number of allylic oxidation sites excluding steroid dienone is 1. The number of hydrogen-bond acceptors (Lipinski definition) is 2. The highest BCUT2D eigenvalue weighted by Crippen LogP contribution is 2.48. The van der Waals surface area contributed by atoms with E-state index in [0.29, 0.717) is 0 Å².